The summed E-state index contributed by atoms with van der Waals surface area (Å²) in [5, 5.41) is 0.559. The van der Waals surface area contributed by atoms with Gasteiger partial charge in [0.1, 0.15) is 11.6 Å². The molecule has 0 spiro atoms. The molecule has 0 aliphatic carbocycles. The zero-order valence-corrected chi connectivity index (χ0v) is 11.5. The number of ether oxygens (including phenoxy) is 1. The zero-order chi connectivity index (χ0) is 14.0. The van der Waals surface area contributed by atoms with Gasteiger partial charge in [-0.3, -0.25) is 0 Å². The minimum Gasteiger partial charge on any atom is -0.496 e. The molecule has 2 aromatic rings. The van der Waals surface area contributed by atoms with Gasteiger partial charge in [-0.15, -0.1) is 0 Å². The van der Waals surface area contributed by atoms with Crippen LogP contribution in [-0.2, 0) is 5.54 Å². The van der Waals surface area contributed by atoms with E-state index >= 15 is 0 Å². The maximum absolute atomic E-state index is 13.4. The Bertz CT molecular complexity index is 598. The zero-order valence-electron chi connectivity index (χ0n) is 10.8. The van der Waals surface area contributed by atoms with Crippen LogP contribution in [0.25, 0.3) is 0 Å². The van der Waals surface area contributed by atoms with Gasteiger partial charge >= 0.3 is 0 Å². The number of methoxy groups -OCH3 is 1. The summed E-state index contributed by atoms with van der Waals surface area (Å²) in [6, 6.07) is 11.4. The summed E-state index contributed by atoms with van der Waals surface area (Å²) in [4.78, 5) is 0. The van der Waals surface area contributed by atoms with E-state index in [0.29, 0.717) is 21.9 Å². The van der Waals surface area contributed by atoms with E-state index in [9.17, 15) is 4.39 Å². The number of hydrogen-bond donors (Lipinski definition) is 1. The molecule has 0 fully saturated rings. The van der Waals surface area contributed by atoms with Crippen molar-refractivity contribution < 1.29 is 9.13 Å². The molecule has 2 aromatic carbocycles. The largest absolute Gasteiger partial charge is 0.496 e. The van der Waals surface area contributed by atoms with Gasteiger partial charge < -0.3 is 10.5 Å². The molecule has 0 saturated carbocycles. The predicted octanol–water partition coefficient (Wildman–Crippen LogP) is 3.71. The number of benzene rings is 2. The van der Waals surface area contributed by atoms with Crippen LogP contribution in [0.5, 0.6) is 5.75 Å². The molecule has 1 unspecified atom stereocenters. The molecule has 1 atom stereocenters. The van der Waals surface area contributed by atoms with Gasteiger partial charge in [0.2, 0.25) is 0 Å². The van der Waals surface area contributed by atoms with Crippen molar-refractivity contribution >= 4 is 11.6 Å². The molecule has 19 heavy (non-hydrogen) atoms. The SMILES string of the molecule is COc1ccc(Cl)cc1C(C)(N)c1cccc(F)c1. The average molecular weight is 280 g/mol. The molecule has 2 N–H and O–H groups in total. The Labute approximate surface area is 117 Å². The second-order valence-electron chi connectivity index (χ2n) is 4.56. The number of rotatable bonds is 3. The fraction of sp³-hybridized carbons (Fsp3) is 0.200. The maximum atomic E-state index is 13.4. The molecule has 2 rings (SSSR count). The summed E-state index contributed by atoms with van der Waals surface area (Å²) in [7, 11) is 1.56. The topological polar surface area (TPSA) is 35.2 Å². The molecular weight excluding hydrogens is 265 g/mol. The quantitative estimate of drug-likeness (QED) is 0.929. The van der Waals surface area contributed by atoms with Crippen molar-refractivity contribution in [2.75, 3.05) is 7.11 Å². The lowest BCUT2D eigenvalue weighted by atomic mass is 9.85. The minimum atomic E-state index is -0.891. The van der Waals surface area contributed by atoms with E-state index in [4.69, 9.17) is 22.1 Å². The van der Waals surface area contributed by atoms with Gasteiger partial charge in [-0.05, 0) is 42.8 Å². The fourth-order valence-electron chi connectivity index (χ4n) is 2.05. The van der Waals surface area contributed by atoms with Crippen molar-refractivity contribution in [2.45, 2.75) is 12.5 Å². The van der Waals surface area contributed by atoms with Crippen LogP contribution in [-0.4, -0.2) is 7.11 Å². The van der Waals surface area contributed by atoms with E-state index in [1.165, 1.54) is 12.1 Å². The van der Waals surface area contributed by atoms with Crippen LogP contribution in [0.15, 0.2) is 42.5 Å². The molecule has 100 valence electrons. The molecule has 0 aliphatic heterocycles. The second-order valence-corrected chi connectivity index (χ2v) is 4.99. The monoisotopic (exact) mass is 279 g/mol. The Hall–Kier alpha value is -1.58. The fourth-order valence-corrected chi connectivity index (χ4v) is 2.23. The number of hydrogen-bond acceptors (Lipinski definition) is 2. The molecule has 0 saturated heterocycles. The summed E-state index contributed by atoms with van der Waals surface area (Å²) in [6.45, 7) is 1.80. The third kappa shape index (κ3) is 2.72. The lowest BCUT2D eigenvalue weighted by Gasteiger charge is -2.28. The molecule has 0 radical (unpaired) electrons. The Balaban J connectivity index is 2.58. The van der Waals surface area contributed by atoms with Gasteiger partial charge in [0.25, 0.3) is 0 Å². The molecule has 0 aromatic heterocycles. The van der Waals surface area contributed by atoms with E-state index in [2.05, 4.69) is 0 Å². The van der Waals surface area contributed by atoms with Crippen molar-refractivity contribution in [1.82, 2.24) is 0 Å². The molecule has 4 heteroatoms. The van der Waals surface area contributed by atoms with E-state index in [1.807, 2.05) is 0 Å². The third-order valence-electron chi connectivity index (χ3n) is 3.15. The first-order valence-corrected chi connectivity index (χ1v) is 6.22. The number of halogens is 2. The molecule has 0 aliphatic rings. The van der Waals surface area contributed by atoms with Crippen LogP contribution in [0.4, 0.5) is 4.39 Å². The van der Waals surface area contributed by atoms with Gasteiger partial charge in [0, 0.05) is 10.6 Å². The minimum absolute atomic E-state index is 0.324. The highest BCUT2D eigenvalue weighted by molar-refractivity contribution is 6.30. The Kier molecular flexibility index (Phi) is 3.78. The van der Waals surface area contributed by atoms with Crippen LogP contribution in [0, 0.1) is 5.82 Å². The van der Waals surface area contributed by atoms with Crippen LogP contribution in [0.3, 0.4) is 0 Å². The van der Waals surface area contributed by atoms with Gasteiger partial charge in [-0.2, -0.15) is 0 Å². The summed E-state index contributed by atoms with van der Waals surface area (Å²) in [6.07, 6.45) is 0. The predicted molar refractivity (Wildman–Crippen MR) is 75.0 cm³/mol. The Morgan fingerprint density at radius 1 is 1.21 bits per heavy atom. The van der Waals surface area contributed by atoms with E-state index in [0.717, 1.165) is 0 Å². The van der Waals surface area contributed by atoms with E-state index in [1.54, 1.807) is 44.4 Å². The molecule has 0 bridgehead atoms. The Morgan fingerprint density at radius 2 is 1.95 bits per heavy atom. The van der Waals surface area contributed by atoms with Crippen molar-refractivity contribution in [1.29, 1.82) is 0 Å². The average Bonchev–Trinajstić information content (AvgIpc) is 2.38. The first-order chi connectivity index (χ1) is 8.95. The lowest BCUT2D eigenvalue weighted by Crippen LogP contribution is -2.34. The van der Waals surface area contributed by atoms with Gasteiger partial charge in [-0.25, -0.2) is 4.39 Å². The number of nitrogens with two attached hydrogens (primary N) is 1. The van der Waals surface area contributed by atoms with Crippen molar-refractivity contribution in [3.63, 3.8) is 0 Å². The summed E-state index contributed by atoms with van der Waals surface area (Å²) < 4.78 is 18.7. The molecule has 0 amide bonds. The first kappa shape index (κ1) is 13.8. The molecule has 0 heterocycles. The van der Waals surface area contributed by atoms with E-state index < -0.39 is 5.54 Å². The van der Waals surface area contributed by atoms with Crippen molar-refractivity contribution in [3.05, 3.63) is 64.4 Å². The van der Waals surface area contributed by atoms with Crippen LogP contribution in [0.1, 0.15) is 18.1 Å². The van der Waals surface area contributed by atoms with Crippen LogP contribution < -0.4 is 10.5 Å². The smallest absolute Gasteiger partial charge is 0.124 e. The first-order valence-electron chi connectivity index (χ1n) is 5.84. The second kappa shape index (κ2) is 5.19. The summed E-state index contributed by atoms with van der Waals surface area (Å²) >= 11 is 6.01. The van der Waals surface area contributed by atoms with Crippen LogP contribution >= 0.6 is 11.6 Å². The summed E-state index contributed by atoms with van der Waals surface area (Å²) in [5.41, 5.74) is 6.85. The normalized spacial score (nSPS) is 13.9. The van der Waals surface area contributed by atoms with Crippen molar-refractivity contribution in [2.24, 2.45) is 5.73 Å². The highest BCUT2D eigenvalue weighted by Gasteiger charge is 2.27. The standard InChI is InChI=1S/C15H15ClFNO/c1-15(18,10-4-3-5-12(17)8-10)13-9-11(16)6-7-14(13)19-2/h3-9H,18H2,1-2H3. The third-order valence-corrected chi connectivity index (χ3v) is 3.38. The lowest BCUT2D eigenvalue weighted by molar-refractivity contribution is 0.398. The van der Waals surface area contributed by atoms with Crippen LogP contribution in [0.2, 0.25) is 5.02 Å². The Morgan fingerprint density at radius 3 is 2.58 bits per heavy atom. The maximum Gasteiger partial charge on any atom is 0.124 e. The van der Waals surface area contributed by atoms with Gasteiger partial charge in [-0.1, -0.05) is 23.7 Å². The van der Waals surface area contributed by atoms with Gasteiger partial charge in [0.15, 0.2) is 0 Å². The highest BCUT2D eigenvalue weighted by atomic mass is 35.5. The van der Waals surface area contributed by atoms with E-state index in [-0.39, 0.29) is 5.82 Å². The van der Waals surface area contributed by atoms with Crippen molar-refractivity contribution in [3.8, 4) is 5.75 Å². The molecular formula is C15H15ClFNO. The highest BCUT2D eigenvalue weighted by Crippen LogP contribution is 2.35. The summed E-state index contributed by atoms with van der Waals surface area (Å²) in [5.74, 6) is 0.300. The molecule has 2 nitrogen and oxygen atoms in total. The van der Waals surface area contributed by atoms with Gasteiger partial charge in [0.05, 0.1) is 12.6 Å².